The highest BCUT2D eigenvalue weighted by Gasteiger charge is 2.67. The monoisotopic (exact) mass is 636 g/mol. The van der Waals surface area contributed by atoms with E-state index in [1.165, 1.54) is 0 Å². The smallest absolute Gasteiger partial charge is 0.332 e. The molecule has 1 aliphatic carbocycles. The second-order valence-electron chi connectivity index (χ2n) is 14.5. The third-order valence-electron chi connectivity index (χ3n) is 9.22. The summed E-state index contributed by atoms with van der Waals surface area (Å²) in [6.07, 6.45) is -0.143. The van der Waals surface area contributed by atoms with Crippen LogP contribution in [0.25, 0.3) is 4.85 Å². The van der Waals surface area contributed by atoms with Crippen molar-refractivity contribution in [3.8, 4) is 5.75 Å². The minimum absolute atomic E-state index is 0.0163. The summed E-state index contributed by atoms with van der Waals surface area (Å²) in [6.45, 7) is 26.8. The number of piperazine rings is 1. The zero-order chi connectivity index (χ0) is 32.7. The molecule has 2 heterocycles. The molecule has 1 saturated carbocycles. The van der Waals surface area contributed by atoms with Gasteiger partial charge in [-0.15, -0.1) is 0 Å². The van der Waals surface area contributed by atoms with Crippen LogP contribution in [0.3, 0.4) is 0 Å². The van der Waals surface area contributed by atoms with Crippen LogP contribution in [-0.2, 0) is 20.8 Å². The molecular formula is C35H45ClN4O5. The molecule has 10 heteroatoms. The number of benzene rings is 2. The Morgan fingerprint density at radius 2 is 1.73 bits per heavy atom. The van der Waals surface area contributed by atoms with Crippen molar-refractivity contribution >= 4 is 34.9 Å². The first kappa shape index (κ1) is 33.1. The number of hydrogen-bond acceptors (Lipinski definition) is 7. The lowest BCUT2D eigenvalue weighted by Gasteiger charge is -2.65. The van der Waals surface area contributed by atoms with Crippen LogP contribution in [0.2, 0.25) is 5.02 Å². The highest BCUT2D eigenvalue weighted by Crippen LogP contribution is 2.59. The van der Waals surface area contributed by atoms with Gasteiger partial charge in [-0.3, -0.25) is 9.69 Å². The Balaban J connectivity index is 1.16. The number of fused-ring (bicyclic) bond motifs is 1. The summed E-state index contributed by atoms with van der Waals surface area (Å²) in [5.41, 5.74) is 2.26. The summed E-state index contributed by atoms with van der Waals surface area (Å²) in [5, 5.41) is 0.376. The van der Waals surface area contributed by atoms with E-state index in [2.05, 4.69) is 54.5 Å². The van der Waals surface area contributed by atoms with Crippen LogP contribution in [0.5, 0.6) is 5.75 Å². The van der Waals surface area contributed by atoms with Crippen LogP contribution in [0.1, 0.15) is 64.4 Å². The molecule has 2 aromatic rings. The Kier molecular flexibility index (Phi) is 9.16. The van der Waals surface area contributed by atoms with E-state index in [0.29, 0.717) is 29.6 Å². The number of rotatable bonds is 9. The Morgan fingerprint density at radius 1 is 1.04 bits per heavy atom. The van der Waals surface area contributed by atoms with E-state index in [1.54, 1.807) is 18.2 Å². The van der Waals surface area contributed by atoms with E-state index in [9.17, 15) is 9.59 Å². The molecule has 0 atom stereocenters. The van der Waals surface area contributed by atoms with Crippen LogP contribution in [0.4, 0.5) is 11.4 Å². The zero-order valence-corrected chi connectivity index (χ0v) is 28.2. The van der Waals surface area contributed by atoms with E-state index in [4.69, 9.17) is 32.4 Å². The van der Waals surface area contributed by atoms with Crippen molar-refractivity contribution in [1.29, 1.82) is 0 Å². The van der Waals surface area contributed by atoms with E-state index in [0.717, 1.165) is 49.5 Å². The normalized spacial score (nSPS) is 22.4. The first-order chi connectivity index (χ1) is 21.1. The third-order valence-corrected chi connectivity index (χ3v) is 9.52. The first-order valence-corrected chi connectivity index (χ1v) is 16.0. The molecule has 0 bridgehead atoms. The topological polar surface area (TPSA) is 75.9 Å². The van der Waals surface area contributed by atoms with Gasteiger partial charge in [0.1, 0.15) is 24.1 Å². The number of halogens is 1. The zero-order valence-electron chi connectivity index (χ0n) is 27.5. The molecule has 2 fully saturated rings. The Labute approximate surface area is 272 Å². The highest BCUT2D eigenvalue weighted by atomic mass is 35.5. The minimum atomic E-state index is -0.507. The molecule has 0 N–H and O–H groups in total. The number of hydrogen-bond donors (Lipinski definition) is 0. The summed E-state index contributed by atoms with van der Waals surface area (Å²) in [7, 11) is 0. The predicted molar refractivity (Wildman–Crippen MR) is 175 cm³/mol. The fourth-order valence-electron chi connectivity index (χ4n) is 7.69. The minimum Gasteiger partial charge on any atom is -0.489 e. The van der Waals surface area contributed by atoms with Gasteiger partial charge in [0.05, 0.1) is 18.2 Å². The van der Waals surface area contributed by atoms with Crippen LogP contribution in [0.15, 0.2) is 36.4 Å². The molecule has 0 radical (unpaired) electrons. The Morgan fingerprint density at radius 3 is 2.36 bits per heavy atom. The number of amides is 1. The van der Waals surface area contributed by atoms with Gasteiger partial charge in [0.2, 0.25) is 5.69 Å². The summed E-state index contributed by atoms with van der Waals surface area (Å²) in [4.78, 5) is 35.8. The molecule has 45 heavy (non-hydrogen) atoms. The Bertz CT molecular complexity index is 1470. The number of anilines is 1. The Hall–Kier alpha value is -3.32. The lowest BCUT2D eigenvalue weighted by molar-refractivity contribution is -0.199. The van der Waals surface area contributed by atoms with Crippen LogP contribution >= 0.6 is 11.6 Å². The fourth-order valence-corrected chi connectivity index (χ4v) is 7.90. The molecular weight excluding hydrogens is 592 g/mol. The van der Waals surface area contributed by atoms with Gasteiger partial charge < -0.3 is 24.0 Å². The maximum Gasteiger partial charge on any atom is 0.332 e. The van der Waals surface area contributed by atoms with Gasteiger partial charge in [-0.1, -0.05) is 45.4 Å². The van der Waals surface area contributed by atoms with Crippen molar-refractivity contribution in [2.45, 2.75) is 72.8 Å². The lowest BCUT2D eigenvalue weighted by Crippen LogP contribution is -2.74. The summed E-state index contributed by atoms with van der Waals surface area (Å²) < 4.78 is 17.3. The molecule has 2 aromatic carbocycles. The van der Waals surface area contributed by atoms with E-state index < -0.39 is 5.60 Å². The molecule has 1 amide bonds. The molecule has 9 nitrogen and oxygen atoms in total. The number of carbonyl (C=O) groups is 2. The quantitative estimate of drug-likeness (QED) is 0.184. The molecule has 0 unspecified atom stereocenters. The molecule has 0 spiro atoms. The molecule has 3 aliphatic rings. The molecule has 242 valence electrons. The standard InChI is InChI=1S/C35H45ClN4O5/c1-33(2,3)45-29(41)22-43-18-17-38-13-15-39(16-14-38)24-9-11-26-23(19-24)21-40(30(26)42)31-34(4,5)32(35(31,6)7)44-25-10-12-28(37-8)27(36)20-25/h9-12,19-20,31-32H,13-18,21-22H2,1-7H3. The van der Waals surface area contributed by atoms with Crippen molar-refractivity contribution in [3.63, 3.8) is 0 Å². The van der Waals surface area contributed by atoms with E-state index in [-0.39, 0.29) is 41.5 Å². The lowest BCUT2D eigenvalue weighted by atomic mass is 9.49. The summed E-state index contributed by atoms with van der Waals surface area (Å²) in [6, 6.07) is 11.4. The van der Waals surface area contributed by atoms with Gasteiger partial charge in [0.15, 0.2) is 0 Å². The summed E-state index contributed by atoms with van der Waals surface area (Å²) in [5.74, 6) is 0.362. The molecule has 0 aromatic heterocycles. The van der Waals surface area contributed by atoms with Gasteiger partial charge in [0, 0.05) is 67.4 Å². The van der Waals surface area contributed by atoms with Crippen molar-refractivity contribution in [1.82, 2.24) is 9.80 Å². The SMILES string of the molecule is [C-]#[N+]c1ccc(OC2C(C)(C)C(N3Cc4cc(N5CCN(CCOCC(=O)OC(C)(C)C)CC5)ccc4C3=O)C2(C)C)cc1Cl. The molecule has 5 rings (SSSR count). The number of esters is 1. The van der Waals surface area contributed by atoms with Gasteiger partial charge >= 0.3 is 5.97 Å². The van der Waals surface area contributed by atoms with Crippen LogP contribution in [-0.4, -0.2) is 85.4 Å². The number of ether oxygens (including phenoxy) is 3. The van der Waals surface area contributed by atoms with Gasteiger partial charge in [-0.05, 0) is 56.7 Å². The van der Waals surface area contributed by atoms with Gasteiger partial charge in [-0.2, -0.15) is 0 Å². The van der Waals surface area contributed by atoms with E-state index >= 15 is 0 Å². The van der Waals surface area contributed by atoms with Crippen molar-refractivity contribution in [2.24, 2.45) is 10.8 Å². The maximum absolute atomic E-state index is 13.7. The second kappa shape index (κ2) is 12.5. The molecule has 2 aliphatic heterocycles. The van der Waals surface area contributed by atoms with Crippen LogP contribution < -0.4 is 9.64 Å². The number of nitrogens with zero attached hydrogens (tertiary/aromatic N) is 4. The average molecular weight is 637 g/mol. The van der Waals surface area contributed by atoms with E-state index in [1.807, 2.05) is 31.7 Å². The van der Waals surface area contributed by atoms with Crippen LogP contribution in [0, 0.1) is 17.4 Å². The van der Waals surface area contributed by atoms with Gasteiger partial charge in [-0.25, -0.2) is 9.64 Å². The van der Waals surface area contributed by atoms with Crippen molar-refractivity contribution in [3.05, 3.63) is 64.0 Å². The van der Waals surface area contributed by atoms with Crippen molar-refractivity contribution < 1.29 is 23.8 Å². The molecule has 1 saturated heterocycles. The van der Waals surface area contributed by atoms with Crippen molar-refractivity contribution in [2.75, 3.05) is 50.8 Å². The maximum atomic E-state index is 13.7. The fraction of sp³-hybridized carbons (Fsp3) is 0.571. The first-order valence-electron chi connectivity index (χ1n) is 15.7. The largest absolute Gasteiger partial charge is 0.489 e. The highest BCUT2D eigenvalue weighted by molar-refractivity contribution is 6.33. The predicted octanol–water partition coefficient (Wildman–Crippen LogP) is 6.21. The third kappa shape index (κ3) is 6.79. The summed E-state index contributed by atoms with van der Waals surface area (Å²) >= 11 is 6.27. The second-order valence-corrected chi connectivity index (χ2v) is 14.9. The average Bonchev–Trinajstić information content (AvgIpc) is 3.27. The van der Waals surface area contributed by atoms with Gasteiger partial charge in [0.25, 0.3) is 5.91 Å². The number of carbonyl (C=O) groups excluding carboxylic acids is 2.